The predicted octanol–water partition coefficient (Wildman–Crippen LogP) is 9.76. The van der Waals surface area contributed by atoms with Gasteiger partial charge in [-0.05, 0) is 31.5 Å². The van der Waals surface area contributed by atoms with Crippen LogP contribution in [0, 0.1) is 37.1 Å². The van der Waals surface area contributed by atoms with E-state index in [1.807, 2.05) is 42.1 Å². The first-order valence-corrected chi connectivity index (χ1v) is 12.7. The number of nitrogens with zero attached hydrogens (tertiary/aromatic N) is 3. The number of hydrogen-bond acceptors (Lipinski definition) is 2. The van der Waals surface area contributed by atoms with Crippen molar-refractivity contribution in [2.75, 3.05) is 0 Å². The first-order valence-electron chi connectivity index (χ1n) is 11.6. The molecule has 0 N–H and O–H groups in total. The minimum Gasteiger partial charge on any atom is -0.351 e. The van der Waals surface area contributed by atoms with E-state index < -0.39 is 23.3 Å². The lowest BCUT2D eigenvalue weighted by Gasteiger charge is -2.12. The van der Waals surface area contributed by atoms with Crippen LogP contribution in [0.3, 0.4) is 0 Å². The highest BCUT2D eigenvalue weighted by atomic mass is 35.5. The third kappa shape index (κ3) is 4.80. The van der Waals surface area contributed by atoms with Crippen LogP contribution in [0.25, 0.3) is 44.0 Å². The summed E-state index contributed by atoms with van der Waals surface area (Å²) in [6, 6.07) is 11.8. The monoisotopic (exact) mass is 589 g/mol. The summed E-state index contributed by atoms with van der Waals surface area (Å²) in [5.41, 5.74) is 4.06. The molecule has 0 saturated heterocycles. The summed E-state index contributed by atoms with van der Waals surface area (Å²) >= 11 is 18.0. The highest BCUT2D eigenvalue weighted by Crippen LogP contribution is 2.37. The van der Waals surface area contributed by atoms with Crippen molar-refractivity contribution in [1.29, 1.82) is 0 Å². The molecular formula is C29H18Cl3F4N3. The van der Waals surface area contributed by atoms with Gasteiger partial charge in [0.05, 0.1) is 37.5 Å². The van der Waals surface area contributed by atoms with Crippen LogP contribution < -0.4 is 0 Å². The zero-order valence-corrected chi connectivity index (χ0v) is 23.0. The Kier molecular flexibility index (Phi) is 7.18. The van der Waals surface area contributed by atoms with Gasteiger partial charge in [-0.3, -0.25) is 0 Å². The fourth-order valence-corrected chi connectivity index (χ4v) is 5.25. The Balaban J connectivity index is 0.000000177. The van der Waals surface area contributed by atoms with Gasteiger partial charge in [-0.1, -0.05) is 46.9 Å². The minimum atomic E-state index is -0.734. The van der Waals surface area contributed by atoms with E-state index in [-0.39, 0.29) is 37.0 Å². The second kappa shape index (κ2) is 10.3. The summed E-state index contributed by atoms with van der Waals surface area (Å²) in [5.74, 6) is -2.81. The molecule has 198 valence electrons. The fourth-order valence-electron chi connectivity index (χ4n) is 4.47. The molecule has 0 unspecified atom stereocenters. The Morgan fingerprint density at radius 3 is 1.90 bits per heavy atom. The molecule has 0 fully saturated rings. The number of aromatic nitrogens is 3. The molecule has 0 spiro atoms. The van der Waals surface area contributed by atoms with E-state index in [0.29, 0.717) is 16.8 Å². The lowest BCUT2D eigenvalue weighted by molar-refractivity contribution is 0.590. The van der Waals surface area contributed by atoms with Crippen LogP contribution in [0.1, 0.15) is 11.1 Å². The minimum absolute atomic E-state index is 0.0972. The van der Waals surface area contributed by atoms with E-state index in [9.17, 15) is 17.6 Å². The SMILES string of the molecule is Cc1c(-c2cccc3c2ccn3C)nc2cc(F)cc(F)c2c1Cl.Cc1c(Cl)nc2cc(F)cc(F)c2c1Cl. The van der Waals surface area contributed by atoms with Gasteiger partial charge in [0.1, 0.15) is 28.4 Å². The molecule has 3 nitrogen and oxygen atoms in total. The van der Waals surface area contributed by atoms with Crippen molar-refractivity contribution < 1.29 is 17.6 Å². The molecule has 3 aromatic carbocycles. The summed E-state index contributed by atoms with van der Waals surface area (Å²) in [7, 11) is 1.96. The summed E-state index contributed by atoms with van der Waals surface area (Å²) in [4.78, 5) is 8.37. The van der Waals surface area contributed by atoms with Crippen molar-refractivity contribution in [3.05, 3.63) is 104 Å². The van der Waals surface area contributed by atoms with Crippen LogP contribution in [0.5, 0.6) is 0 Å². The molecule has 0 saturated carbocycles. The summed E-state index contributed by atoms with van der Waals surface area (Å²) in [5, 5.41) is 1.85. The van der Waals surface area contributed by atoms with Crippen molar-refractivity contribution in [3.8, 4) is 11.3 Å². The van der Waals surface area contributed by atoms with Crippen molar-refractivity contribution >= 4 is 67.5 Å². The molecular weight excluding hydrogens is 573 g/mol. The molecule has 6 aromatic rings. The van der Waals surface area contributed by atoms with Gasteiger partial charge in [-0.25, -0.2) is 27.5 Å². The van der Waals surface area contributed by atoms with Gasteiger partial charge in [0.25, 0.3) is 0 Å². The highest BCUT2D eigenvalue weighted by Gasteiger charge is 2.18. The van der Waals surface area contributed by atoms with Gasteiger partial charge < -0.3 is 4.57 Å². The molecule has 39 heavy (non-hydrogen) atoms. The van der Waals surface area contributed by atoms with Crippen LogP contribution in [-0.2, 0) is 7.05 Å². The molecule has 6 rings (SSSR count). The number of benzene rings is 3. The Morgan fingerprint density at radius 1 is 0.718 bits per heavy atom. The van der Waals surface area contributed by atoms with E-state index in [2.05, 4.69) is 9.97 Å². The normalized spacial score (nSPS) is 11.3. The molecule has 0 aliphatic heterocycles. The summed E-state index contributed by atoms with van der Waals surface area (Å²) in [6.07, 6.45) is 1.96. The number of rotatable bonds is 1. The van der Waals surface area contributed by atoms with Crippen molar-refractivity contribution in [2.45, 2.75) is 13.8 Å². The smallest absolute Gasteiger partial charge is 0.137 e. The molecule has 0 radical (unpaired) electrons. The quantitative estimate of drug-likeness (QED) is 0.141. The molecule has 0 amide bonds. The summed E-state index contributed by atoms with van der Waals surface area (Å²) in [6.45, 7) is 3.43. The van der Waals surface area contributed by atoms with Crippen LogP contribution in [-0.4, -0.2) is 14.5 Å². The van der Waals surface area contributed by atoms with Gasteiger partial charge >= 0.3 is 0 Å². The zero-order chi connectivity index (χ0) is 28.2. The number of halogens is 7. The van der Waals surface area contributed by atoms with Crippen molar-refractivity contribution in [3.63, 3.8) is 0 Å². The standard InChI is InChI=1S/C19H13ClF2N2.C10H5Cl2F2N/c1-10-18(20)17-14(22)8-11(21)9-15(17)23-19(10)13-4-3-5-16-12(13)6-7-24(16)2;1-4-9(11)8-6(14)2-5(13)3-7(8)15-10(4)12/h3-9H,1-2H3;2-3H,1H3. The Morgan fingerprint density at radius 2 is 1.28 bits per heavy atom. The zero-order valence-electron chi connectivity index (χ0n) is 20.7. The third-order valence-electron chi connectivity index (χ3n) is 6.46. The number of fused-ring (bicyclic) bond motifs is 3. The van der Waals surface area contributed by atoms with E-state index in [1.54, 1.807) is 13.8 Å². The topological polar surface area (TPSA) is 30.7 Å². The lowest BCUT2D eigenvalue weighted by Crippen LogP contribution is -1.96. The highest BCUT2D eigenvalue weighted by molar-refractivity contribution is 6.39. The van der Waals surface area contributed by atoms with Gasteiger partial charge in [0.2, 0.25) is 0 Å². The molecule has 0 bridgehead atoms. The van der Waals surface area contributed by atoms with Crippen LogP contribution in [0.2, 0.25) is 15.2 Å². The molecule has 3 aromatic heterocycles. The largest absolute Gasteiger partial charge is 0.351 e. The average Bonchev–Trinajstić information content (AvgIpc) is 3.25. The molecule has 0 atom stereocenters. The number of hydrogen-bond donors (Lipinski definition) is 0. The van der Waals surface area contributed by atoms with Crippen LogP contribution in [0.15, 0.2) is 54.7 Å². The van der Waals surface area contributed by atoms with Gasteiger partial charge in [0.15, 0.2) is 0 Å². The average molecular weight is 591 g/mol. The molecule has 3 heterocycles. The molecule has 10 heteroatoms. The second-order valence-corrected chi connectivity index (χ2v) is 10.1. The predicted molar refractivity (Wildman–Crippen MR) is 150 cm³/mol. The first-order chi connectivity index (χ1) is 18.5. The van der Waals surface area contributed by atoms with Crippen LogP contribution >= 0.6 is 34.8 Å². The molecule has 0 aliphatic rings. The van der Waals surface area contributed by atoms with E-state index in [0.717, 1.165) is 34.7 Å². The summed E-state index contributed by atoms with van der Waals surface area (Å²) < 4.78 is 56.0. The van der Waals surface area contributed by atoms with Gasteiger partial charge in [-0.15, -0.1) is 0 Å². The Hall–Kier alpha value is -3.39. The lowest BCUT2D eigenvalue weighted by atomic mass is 10.0. The Labute approximate surface area is 235 Å². The number of aryl methyl sites for hydroxylation is 1. The first kappa shape index (κ1) is 27.2. The van der Waals surface area contributed by atoms with Crippen molar-refractivity contribution in [1.82, 2.24) is 14.5 Å². The number of pyridine rings is 2. The third-order valence-corrected chi connectivity index (χ3v) is 7.78. The fraction of sp³-hybridized carbons (Fsp3) is 0.103. The second-order valence-electron chi connectivity index (χ2n) is 8.97. The maximum absolute atomic E-state index is 14.1. The van der Waals surface area contributed by atoms with Crippen LogP contribution in [0.4, 0.5) is 17.6 Å². The maximum Gasteiger partial charge on any atom is 0.137 e. The maximum atomic E-state index is 14.1. The van der Waals surface area contributed by atoms with Crippen molar-refractivity contribution in [2.24, 2.45) is 7.05 Å². The van der Waals surface area contributed by atoms with E-state index in [4.69, 9.17) is 34.8 Å². The molecule has 0 aliphatic carbocycles. The van der Waals surface area contributed by atoms with E-state index >= 15 is 0 Å². The van der Waals surface area contributed by atoms with E-state index in [1.165, 1.54) is 6.07 Å². The van der Waals surface area contributed by atoms with Gasteiger partial charge in [-0.2, -0.15) is 0 Å². The van der Waals surface area contributed by atoms with Gasteiger partial charge in [0, 0.05) is 59.5 Å². The Bertz CT molecular complexity index is 1940.